The van der Waals surface area contributed by atoms with Crippen molar-refractivity contribution in [1.29, 1.82) is 0 Å². The van der Waals surface area contributed by atoms with Gasteiger partial charge in [0.25, 0.3) is 6.43 Å². The Morgan fingerprint density at radius 3 is 2.79 bits per heavy atom. The standard InChI is InChI=1S/C10H8F2O2/c11-10(12)6-1-2-7-4-14-5-9(13)8(7)3-6/h1-3,10H,4-5H2. The van der Waals surface area contributed by atoms with E-state index in [-0.39, 0.29) is 18.0 Å². The molecule has 0 N–H and O–H groups in total. The monoisotopic (exact) mass is 198 g/mol. The van der Waals surface area contributed by atoms with Gasteiger partial charge in [0.2, 0.25) is 0 Å². The number of ketones is 1. The average Bonchev–Trinajstić information content (AvgIpc) is 2.18. The van der Waals surface area contributed by atoms with Gasteiger partial charge in [0.05, 0.1) is 6.61 Å². The third-order valence-corrected chi connectivity index (χ3v) is 2.18. The molecule has 14 heavy (non-hydrogen) atoms. The number of rotatable bonds is 1. The zero-order chi connectivity index (χ0) is 10.1. The quantitative estimate of drug-likeness (QED) is 0.692. The van der Waals surface area contributed by atoms with Gasteiger partial charge in [-0.3, -0.25) is 4.79 Å². The number of benzene rings is 1. The highest BCUT2D eigenvalue weighted by Crippen LogP contribution is 2.24. The molecule has 0 atom stereocenters. The fourth-order valence-electron chi connectivity index (χ4n) is 1.45. The lowest BCUT2D eigenvalue weighted by Crippen LogP contribution is -2.18. The Bertz CT molecular complexity index is 374. The summed E-state index contributed by atoms with van der Waals surface area (Å²) in [6.07, 6.45) is -2.53. The van der Waals surface area contributed by atoms with E-state index in [9.17, 15) is 13.6 Å². The summed E-state index contributed by atoms with van der Waals surface area (Å²) < 4.78 is 29.6. The van der Waals surface area contributed by atoms with Crippen LogP contribution in [0.25, 0.3) is 0 Å². The van der Waals surface area contributed by atoms with Gasteiger partial charge in [-0.05, 0) is 11.6 Å². The van der Waals surface area contributed by atoms with Crippen LogP contribution in [0, 0.1) is 0 Å². The number of hydrogen-bond donors (Lipinski definition) is 0. The number of carbonyl (C=O) groups is 1. The van der Waals surface area contributed by atoms with Crippen LogP contribution in [-0.2, 0) is 11.3 Å². The second kappa shape index (κ2) is 3.46. The Kier molecular flexibility index (Phi) is 2.29. The molecule has 0 saturated carbocycles. The Balaban J connectivity index is 2.46. The summed E-state index contributed by atoms with van der Waals surface area (Å²) in [4.78, 5) is 11.3. The van der Waals surface area contributed by atoms with Crippen LogP contribution in [0.3, 0.4) is 0 Å². The number of alkyl halides is 2. The highest BCUT2D eigenvalue weighted by molar-refractivity contribution is 5.99. The summed E-state index contributed by atoms with van der Waals surface area (Å²) in [5.74, 6) is -0.228. The van der Waals surface area contributed by atoms with Gasteiger partial charge in [0.15, 0.2) is 5.78 Å². The van der Waals surface area contributed by atoms with Crippen molar-refractivity contribution in [1.82, 2.24) is 0 Å². The fraction of sp³-hybridized carbons (Fsp3) is 0.300. The summed E-state index contributed by atoms with van der Waals surface area (Å²) in [6, 6.07) is 4.10. The van der Waals surface area contributed by atoms with E-state index in [0.29, 0.717) is 17.7 Å². The lowest BCUT2D eigenvalue weighted by Gasteiger charge is -2.15. The molecule has 0 fully saturated rings. The SMILES string of the molecule is O=C1COCc2ccc(C(F)F)cc21. The van der Waals surface area contributed by atoms with Gasteiger partial charge in [-0.1, -0.05) is 12.1 Å². The van der Waals surface area contributed by atoms with Crippen LogP contribution in [-0.4, -0.2) is 12.4 Å². The van der Waals surface area contributed by atoms with Gasteiger partial charge in [0, 0.05) is 11.1 Å². The number of Topliss-reactive ketones (excluding diaryl/α,β-unsaturated/α-hetero) is 1. The normalized spacial score (nSPS) is 15.8. The maximum Gasteiger partial charge on any atom is 0.263 e. The number of carbonyl (C=O) groups excluding carboxylic acids is 1. The average molecular weight is 198 g/mol. The van der Waals surface area contributed by atoms with Crippen molar-refractivity contribution in [2.24, 2.45) is 0 Å². The van der Waals surface area contributed by atoms with Crippen LogP contribution in [0.1, 0.15) is 27.9 Å². The summed E-state index contributed by atoms with van der Waals surface area (Å²) in [7, 11) is 0. The molecule has 1 aliphatic heterocycles. The van der Waals surface area contributed by atoms with Gasteiger partial charge in [0.1, 0.15) is 6.61 Å². The van der Waals surface area contributed by atoms with Crippen molar-refractivity contribution in [2.75, 3.05) is 6.61 Å². The Labute approximate surface area is 79.5 Å². The zero-order valence-corrected chi connectivity index (χ0v) is 7.30. The summed E-state index contributed by atoms with van der Waals surface area (Å²) in [6.45, 7) is 0.310. The van der Waals surface area contributed by atoms with Crippen LogP contribution >= 0.6 is 0 Å². The zero-order valence-electron chi connectivity index (χ0n) is 7.30. The minimum absolute atomic E-state index is 0.0142. The highest BCUT2D eigenvalue weighted by atomic mass is 19.3. The van der Waals surface area contributed by atoms with Gasteiger partial charge in [-0.25, -0.2) is 8.78 Å². The number of fused-ring (bicyclic) bond motifs is 1. The number of hydrogen-bond acceptors (Lipinski definition) is 2. The topological polar surface area (TPSA) is 26.3 Å². The molecule has 0 radical (unpaired) electrons. The predicted octanol–water partition coefficient (Wildman–Crippen LogP) is 2.34. The van der Waals surface area contributed by atoms with Gasteiger partial charge in [-0.2, -0.15) is 0 Å². The van der Waals surface area contributed by atoms with E-state index < -0.39 is 6.43 Å². The van der Waals surface area contributed by atoms with Crippen molar-refractivity contribution in [3.8, 4) is 0 Å². The molecule has 0 unspecified atom stereocenters. The molecule has 0 amide bonds. The molecule has 1 heterocycles. The third kappa shape index (κ3) is 1.53. The second-order valence-electron chi connectivity index (χ2n) is 3.13. The third-order valence-electron chi connectivity index (χ3n) is 2.18. The number of ether oxygens (including phenoxy) is 1. The van der Waals surface area contributed by atoms with E-state index in [0.717, 1.165) is 0 Å². The molecule has 74 valence electrons. The van der Waals surface area contributed by atoms with Gasteiger partial charge < -0.3 is 4.74 Å². The van der Waals surface area contributed by atoms with Gasteiger partial charge in [-0.15, -0.1) is 0 Å². The Morgan fingerprint density at radius 1 is 1.29 bits per heavy atom. The largest absolute Gasteiger partial charge is 0.369 e. The maximum atomic E-state index is 12.3. The van der Waals surface area contributed by atoms with Crippen LogP contribution in [0.2, 0.25) is 0 Å². The van der Waals surface area contributed by atoms with E-state index in [1.165, 1.54) is 18.2 Å². The summed E-state index contributed by atoms with van der Waals surface area (Å²) in [5.41, 5.74) is 0.943. The first-order valence-electron chi connectivity index (χ1n) is 4.20. The lowest BCUT2D eigenvalue weighted by molar-refractivity contribution is 0.0664. The van der Waals surface area contributed by atoms with Crippen molar-refractivity contribution < 1.29 is 18.3 Å². The van der Waals surface area contributed by atoms with Crippen LogP contribution in [0.4, 0.5) is 8.78 Å². The molecule has 2 rings (SSSR count). The van der Waals surface area contributed by atoms with Crippen LogP contribution < -0.4 is 0 Å². The first kappa shape index (κ1) is 9.27. The molecular weight excluding hydrogens is 190 g/mol. The molecule has 1 aromatic rings. The second-order valence-corrected chi connectivity index (χ2v) is 3.13. The van der Waals surface area contributed by atoms with E-state index in [1.807, 2.05) is 0 Å². The molecule has 4 heteroatoms. The van der Waals surface area contributed by atoms with Crippen molar-refractivity contribution in [3.05, 3.63) is 34.9 Å². The number of halogens is 2. The molecular formula is C10H8F2O2. The van der Waals surface area contributed by atoms with Crippen molar-refractivity contribution >= 4 is 5.78 Å². The van der Waals surface area contributed by atoms with E-state index >= 15 is 0 Å². The first-order valence-corrected chi connectivity index (χ1v) is 4.20. The van der Waals surface area contributed by atoms with E-state index in [4.69, 9.17) is 4.74 Å². The Morgan fingerprint density at radius 2 is 2.07 bits per heavy atom. The van der Waals surface area contributed by atoms with Crippen molar-refractivity contribution in [2.45, 2.75) is 13.0 Å². The lowest BCUT2D eigenvalue weighted by atomic mass is 9.99. The summed E-state index contributed by atoms with van der Waals surface area (Å²) >= 11 is 0. The first-order chi connectivity index (χ1) is 6.68. The molecule has 2 nitrogen and oxygen atoms in total. The van der Waals surface area contributed by atoms with Crippen LogP contribution in [0.5, 0.6) is 0 Å². The summed E-state index contributed by atoms with van der Waals surface area (Å²) in [5, 5.41) is 0. The molecule has 1 aromatic carbocycles. The molecule has 0 aliphatic carbocycles. The molecule has 0 spiro atoms. The molecule has 0 aromatic heterocycles. The van der Waals surface area contributed by atoms with Crippen LogP contribution in [0.15, 0.2) is 18.2 Å². The molecule has 0 bridgehead atoms. The highest BCUT2D eigenvalue weighted by Gasteiger charge is 2.19. The minimum atomic E-state index is -2.53. The van der Waals surface area contributed by atoms with E-state index in [1.54, 1.807) is 0 Å². The molecule has 1 aliphatic rings. The van der Waals surface area contributed by atoms with E-state index in [2.05, 4.69) is 0 Å². The maximum absolute atomic E-state index is 12.3. The minimum Gasteiger partial charge on any atom is -0.369 e. The van der Waals surface area contributed by atoms with Gasteiger partial charge >= 0.3 is 0 Å². The van der Waals surface area contributed by atoms with Crippen molar-refractivity contribution in [3.63, 3.8) is 0 Å². The smallest absolute Gasteiger partial charge is 0.263 e. The molecule has 0 saturated heterocycles. The predicted molar refractivity (Wildman–Crippen MR) is 45.4 cm³/mol. The Hall–Kier alpha value is -1.29. The fourth-order valence-corrected chi connectivity index (χ4v) is 1.45.